The van der Waals surface area contributed by atoms with Crippen LogP contribution in [0.5, 0.6) is 11.5 Å². The second-order valence-electron chi connectivity index (χ2n) is 17.9. The summed E-state index contributed by atoms with van der Waals surface area (Å²) < 4.78 is 11.7. The van der Waals surface area contributed by atoms with Crippen molar-refractivity contribution < 1.29 is 4.74 Å². The molecule has 0 radical (unpaired) electrons. The number of benzene rings is 6. The van der Waals surface area contributed by atoms with E-state index < -0.39 is 0 Å². The molecule has 1 aliphatic rings. The second-order valence-corrected chi connectivity index (χ2v) is 19.0. The zero-order chi connectivity index (χ0) is 40.1. The molecule has 3 aromatic heterocycles. The molecule has 4 heterocycles. The third-order valence-corrected chi connectivity index (χ3v) is 13.0. The first-order chi connectivity index (χ1) is 27.8. The number of thiophene rings is 1. The molecule has 0 aliphatic carbocycles. The standard InChI is InChI=1S/C52H48N4OS/c1-32-26-35(52(6,7)8)27-33(2)49(32)55-31-54(42-17-10-11-18-43(42)55)36-14-13-15-37(29-36)57-38-20-21-39-40-22-23-46-48(41-16-9-12-19-45(41)58-46)50(40)56(44(39)30-38)47-28-34(24-25-53-47)51(3,4)5/h9-30H,31H2,1-8H3. The van der Waals surface area contributed by atoms with Crippen LogP contribution < -0.4 is 14.5 Å². The molecule has 5 nitrogen and oxygen atoms in total. The van der Waals surface area contributed by atoms with E-state index in [2.05, 4.69) is 197 Å². The van der Waals surface area contributed by atoms with E-state index in [0.29, 0.717) is 6.67 Å². The van der Waals surface area contributed by atoms with Gasteiger partial charge in [-0.25, -0.2) is 4.98 Å². The minimum atomic E-state index is -0.0262. The van der Waals surface area contributed by atoms with Gasteiger partial charge in [0.1, 0.15) is 24.0 Å². The molecule has 0 fully saturated rings. The van der Waals surface area contributed by atoms with Gasteiger partial charge in [0.05, 0.1) is 22.4 Å². The van der Waals surface area contributed by atoms with Crippen molar-refractivity contribution in [3.8, 4) is 17.3 Å². The van der Waals surface area contributed by atoms with Gasteiger partial charge in [0.2, 0.25) is 0 Å². The van der Waals surface area contributed by atoms with Gasteiger partial charge in [-0.3, -0.25) is 4.57 Å². The Morgan fingerprint density at radius 3 is 2.03 bits per heavy atom. The zero-order valence-electron chi connectivity index (χ0n) is 34.5. The van der Waals surface area contributed by atoms with Crippen molar-refractivity contribution in [2.45, 2.75) is 66.2 Å². The number of pyridine rings is 1. The summed E-state index contributed by atoms with van der Waals surface area (Å²) in [6.07, 6.45) is 1.95. The van der Waals surface area contributed by atoms with Crippen LogP contribution in [0.25, 0.3) is 47.8 Å². The zero-order valence-corrected chi connectivity index (χ0v) is 35.3. The van der Waals surface area contributed by atoms with Gasteiger partial charge in [0.25, 0.3) is 0 Å². The monoisotopic (exact) mass is 776 g/mol. The van der Waals surface area contributed by atoms with Crippen molar-refractivity contribution in [3.05, 3.63) is 156 Å². The molecule has 6 heteroatoms. The molecule has 9 aromatic rings. The lowest BCUT2D eigenvalue weighted by Gasteiger charge is -2.28. The number of fused-ring (bicyclic) bond motifs is 8. The molecule has 288 valence electrons. The lowest BCUT2D eigenvalue weighted by Crippen LogP contribution is -2.25. The molecule has 10 rings (SSSR count). The maximum atomic E-state index is 6.81. The fraction of sp³-hybridized carbons (Fsp3) is 0.212. The van der Waals surface area contributed by atoms with Crippen LogP contribution in [0, 0.1) is 13.8 Å². The van der Waals surface area contributed by atoms with Crippen molar-refractivity contribution in [1.29, 1.82) is 0 Å². The largest absolute Gasteiger partial charge is 0.457 e. The van der Waals surface area contributed by atoms with E-state index >= 15 is 0 Å². The molecule has 0 N–H and O–H groups in total. The summed E-state index contributed by atoms with van der Waals surface area (Å²) in [5.74, 6) is 2.47. The Balaban J connectivity index is 1.06. The van der Waals surface area contributed by atoms with Crippen molar-refractivity contribution in [3.63, 3.8) is 0 Å². The van der Waals surface area contributed by atoms with Gasteiger partial charge in [-0.15, -0.1) is 11.3 Å². The summed E-state index contributed by atoms with van der Waals surface area (Å²) >= 11 is 1.85. The molecule has 0 atom stereocenters. The first-order valence-electron chi connectivity index (χ1n) is 20.2. The summed E-state index contributed by atoms with van der Waals surface area (Å²) in [6, 6.07) is 46.1. The summed E-state index contributed by atoms with van der Waals surface area (Å²) in [6.45, 7) is 18.8. The molecular weight excluding hydrogens is 729 g/mol. The molecule has 1 aliphatic heterocycles. The molecule has 0 amide bonds. The molecule has 58 heavy (non-hydrogen) atoms. The number of rotatable bonds is 5. The average molecular weight is 777 g/mol. The maximum Gasteiger partial charge on any atom is 0.137 e. The van der Waals surface area contributed by atoms with Crippen molar-refractivity contribution in [1.82, 2.24) is 9.55 Å². The van der Waals surface area contributed by atoms with Crippen LogP contribution >= 0.6 is 11.3 Å². The Labute approximate surface area is 344 Å². The molecule has 0 bridgehead atoms. The fourth-order valence-corrected chi connectivity index (χ4v) is 10.0. The Kier molecular flexibility index (Phi) is 8.26. The minimum absolute atomic E-state index is 0.0262. The summed E-state index contributed by atoms with van der Waals surface area (Å²) in [5, 5.41) is 4.92. The van der Waals surface area contributed by atoms with Crippen LogP contribution in [0.3, 0.4) is 0 Å². The van der Waals surface area contributed by atoms with Gasteiger partial charge >= 0.3 is 0 Å². The van der Waals surface area contributed by atoms with Crippen LogP contribution in [0.4, 0.5) is 22.7 Å². The lowest BCUT2D eigenvalue weighted by atomic mass is 9.84. The number of aryl methyl sites for hydroxylation is 2. The molecular formula is C52H48N4OS. The smallest absolute Gasteiger partial charge is 0.137 e. The number of hydrogen-bond donors (Lipinski definition) is 0. The predicted molar refractivity (Wildman–Crippen MR) is 247 cm³/mol. The molecule has 0 saturated carbocycles. The number of nitrogens with zero attached hydrogens (tertiary/aromatic N) is 4. The topological polar surface area (TPSA) is 33.5 Å². The third kappa shape index (κ3) is 5.92. The molecule has 0 saturated heterocycles. The van der Waals surface area contributed by atoms with Crippen LogP contribution in [0.1, 0.15) is 63.8 Å². The van der Waals surface area contributed by atoms with Gasteiger partial charge < -0.3 is 14.5 Å². The van der Waals surface area contributed by atoms with E-state index in [1.54, 1.807) is 0 Å². The number of hydrogen-bond acceptors (Lipinski definition) is 5. The third-order valence-electron chi connectivity index (χ3n) is 11.8. The number of para-hydroxylation sites is 2. The number of anilines is 4. The lowest BCUT2D eigenvalue weighted by molar-refractivity contribution is 0.483. The van der Waals surface area contributed by atoms with Crippen molar-refractivity contribution in [2.24, 2.45) is 0 Å². The molecule has 0 unspecified atom stereocenters. The van der Waals surface area contributed by atoms with Gasteiger partial charge in [0.15, 0.2) is 0 Å². The highest BCUT2D eigenvalue weighted by atomic mass is 32.1. The number of ether oxygens (including phenoxy) is 1. The van der Waals surface area contributed by atoms with Crippen LogP contribution in [-0.4, -0.2) is 16.2 Å². The van der Waals surface area contributed by atoms with Gasteiger partial charge in [0, 0.05) is 60.6 Å². The Morgan fingerprint density at radius 2 is 1.28 bits per heavy atom. The summed E-state index contributed by atoms with van der Waals surface area (Å²) in [7, 11) is 0. The second kappa shape index (κ2) is 13.2. The normalized spacial score (nSPS) is 13.4. The fourth-order valence-electron chi connectivity index (χ4n) is 8.89. The van der Waals surface area contributed by atoms with Gasteiger partial charge in [-0.05, 0) is 108 Å². The van der Waals surface area contributed by atoms with E-state index in [0.717, 1.165) is 28.5 Å². The highest BCUT2D eigenvalue weighted by molar-refractivity contribution is 7.26. The first-order valence-corrected chi connectivity index (χ1v) is 21.0. The number of aromatic nitrogens is 2. The van der Waals surface area contributed by atoms with E-state index in [-0.39, 0.29) is 10.8 Å². The van der Waals surface area contributed by atoms with Crippen LogP contribution in [0.15, 0.2) is 134 Å². The van der Waals surface area contributed by atoms with Gasteiger partial charge in [-0.2, -0.15) is 0 Å². The Hall–Kier alpha value is -6.11. The van der Waals surface area contributed by atoms with Gasteiger partial charge in [-0.1, -0.05) is 96.1 Å². The summed E-state index contributed by atoms with van der Waals surface area (Å²) in [5.41, 5.74) is 12.2. The van der Waals surface area contributed by atoms with E-state index in [9.17, 15) is 0 Å². The minimum Gasteiger partial charge on any atom is -0.457 e. The van der Waals surface area contributed by atoms with Crippen LogP contribution in [-0.2, 0) is 10.8 Å². The van der Waals surface area contributed by atoms with Crippen molar-refractivity contribution in [2.75, 3.05) is 16.5 Å². The van der Waals surface area contributed by atoms with E-state index in [4.69, 9.17) is 9.72 Å². The maximum absolute atomic E-state index is 6.81. The van der Waals surface area contributed by atoms with E-state index in [1.165, 1.54) is 75.8 Å². The quantitative estimate of drug-likeness (QED) is 0.174. The van der Waals surface area contributed by atoms with E-state index in [1.807, 2.05) is 17.5 Å². The highest BCUT2D eigenvalue weighted by Crippen LogP contribution is 2.48. The average Bonchev–Trinajstić information content (AvgIpc) is 3.87. The Morgan fingerprint density at radius 1 is 0.586 bits per heavy atom. The van der Waals surface area contributed by atoms with Crippen LogP contribution in [0.2, 0.25) is 0 Å². The van der Waals surface area contributed by atoms with Crippen molar-refractivity contribution >= 4 is 76.1 Å². The highest BCUT2D eigenvalue weighted by Gasteiger charge is 2.31. The Bertz CT molecular complexity index is 3060. The first kappa shape index (κ1) is 36.2. The predicted octanol–water partition coefficient (Wildman–Crippen LogP) is 14.8. The molecule has 6 aromatic carbocycles. The summed E-state index contributed by atoms with van der Waals surface area (Å²) in [4.78, 5) is 9.88. The molecule has 0 spiro atoms. The SMILES string of the molecule is Cc1cc(C(C)(C)C)cc(C)c1N1CN(c2cccc(Oc3ccc4c5ccc6sc7ccccc7c6c5n(-c5cc(C(C)(C)C)ccn5)c4c3)c2)c2ccccc21.